The number of fused-ring (bicyclic) bond motifs is 1. The molecule has 0 bridgehead atoms. The molecule has 3 fully saturated rings. The van der Waals surface area contributed by atoms with E-state index < -0.39 is 6.09 Å². The highest BCUT2D eigenvalue weighted by Gasteiger charge is 2.47. The Bertz CT molecular complexity index is 1050. The highest BCUT2D eigenvalue weighted by molar-refractivity contribution is 7.23. The number of ether oxygens (including phenoxy) is 2. The lowest BCUT2D eigenvalue weighted by Gasteiger charge is -2.36. The number of benzene rings is 1. The van der Waals surface area contributed by atoms with E-state index in [0.29, 0.717) is 55.5 Å². The van der Waals surface area contributed by atoms with Crippen LogP contribution in [0.25, 0.3) is 10.2 Å². The zero-order valence-corrected chi connectivity index (χ0v) is 19.8. The monoisotopic (exact) mass is 475 g/mol. The van der Waals surface area contributed by atoms with Gasteiger partial charge in [-0.05, 0) is 31.4 Å². The zero-order valence-electron chi connectivity index (χ0n) is 19.0. The van der Waals surface area contributed by atoms with Crippen LogP contribution >= 0.6 is 11.3 Å². The number of hydrogen-bond acceptors (Lipinski definition) is 9. The lowest BCUT2D eigenvalue weighted by Crippen LogP contribution is -2.45. The Morgan fingerprint density at radius 2 is 1.88 bits per heavy atom. The standard InChI is InChI=1S/C22H29N5O5S/c1-25-8-5-22(19(25)28)6-9-27(10-7-22)32-21(29)24-20-23-17-16(30-2)4-3-15(18(17)33-20)26-11-13-31-14-12-26/h3-4H,5-14H2,1-2H3,(H,23,24,29). The number of nitrogens with zero attached hydrogens (tertiary/aromatic N) is 4. The lowest BCUT2D eigenvalue weighted by molar-refractivity contribution is -0.149. The van der Waals surface area contributed by atoms with Crippen molar-refractivity contribution in [3.8, 4) is 5.75 Å². The first kappa shape index (κ1) is 22.2. The fraction of sp³-hybridized carbons (Fsp3) is 0.591. The second-order valence-corrected chi connectivity index (χ2v) is 9.77. The van der Waals surface area contributed by atoms with Gasteiger partial charge < -0.3 is 24.1 Å². The van der Waals surface area contributed by atoms with Crippen LogP contribution in [0.1, 0.15) is 19.3 Å². The van der Waals surface area contributed by atoms with Crippen LogP contribution in [0.15, 0.2) is 12.1 Å². The van der Waals surface area contributed by atoms with Crippen LogP contribution in [-0.2, 0) is 14.4 Å². The van der Waals surface area contributed by atoms with E-state index in [1.807, 2.05) is 19.2 Å². The third kappa shape index (κ3) is 4.20. The number of carbonyl (C=O) groups is 2. The van der Waals surface area contributed by atoms with E-state index in [9.17, 15) is 9.59 Å². The average Bonchev–Trinajstić information content (AvgIpc) is 3.37. The number of methoxy groups -OCH3 is 1. The number of morpholine rings is 1. The predicted molar refractivity (Wildman–Crippen MR) is 125 cm³/mol. The van der Waals surface area contributed by atoms with Gasteiger partial charge >= 0.3 is 6.09 Å². The molecule has 5 rings (SSSR count). The topological polar surface area (TPSA) is 96.5 Å². The zero-order chi connectivity index (χ0) is 23.0. The normalized spacial score (nSPS) is 21.1. The minimum absolute atomic E-state index is 0.214. The lowest BCUT2D eigenvalue weighted by atomic mass is 9.77. The van der Waals surface area contributed by atoms with Gasteiger partial charge in [0.1, 0.15) is 11.3 Å². The molecule has 11 heteroatoms. The van der Waals surface area contributed by atoms with E-state index in [-0.39, 0.29) is 11.3 Å². The molecule has 3 aliphatic rings. The number of thiazole rings is 1. The third-order valence-corrected chi connectivity index (χ3v) is 7.88. The van der Waals surface area contributed by atoms with Gasteiger partial charge in [-0.15, -0.1) is 5.06 Å². The Morgan fingerprint density at radius 3 is 2.55 bits per heavy atom. The van der Waals surface area contributed by atoms with Gasteiger partial charge in [-0.1, -0.05) is 11.3 Å². The van der Waals surface area contributed by atoms with E-state index in [4.69, 9.17) is 14.3 Å². The highest BCUT2D eigenvalue weighted by atomic mass is 32.1. The highest BCUT2D eigenvalue weighted by Crippen LogP contribution is 2.42. The van der Waals surface area contributed by atoms with E-state index in [2.05, 4.69) is 15.2 Å². The maximum absolute atomic E-state index is 12.6. The van der Waals surface area contributed by atoms with Crippen molar-refractivity contribution in [2.75, 3.05) is 70.3 Å². The van der Waals surface area contributed by atoms with Crippen molar-refractivity contribution in [3.63, 3.8) is 0 Å². The van der Waals surface area contributed by atoms with E-state index in [1.54, 1.807) is 17.1 Å². The summed E-state index contributed by atoms with van der Waals surface area (Å²) in [6.07, 6.45) is 1.70. The number of nitrogens with one attached hydrogen (secondary N) is 1. The van der Waals surface area contributed by atoms with Crippen molar-refractivity contribution < 1.29 is 23.9 Å². The van der Waals surface area contributed by atoms with Gasteiger partial charge in [0.25, 0.3) is 0 Å². The van der Waals surface area contributed by atoms with Gasteiger partial charge in [0.2, 0.25) is 5.91 Å². The first-order valence-electron chi connectivity index (χ1n) is 11.3. The average molecular weight is 476 g/mol. The van der Waals surface area contributed by atoms with Crippen LogP contribution in [0.3, 0.4) is 0 Å². The molecule has 0 atom stereocenters. The Balaban J connectivity index is 1.25. The number of rotatable bonds is 4. The molecule has 1 aromatic heterocycles. The number of piperidine rings is 1. The molecule has 1 aromatic carbocycles. The molecule has 33 heavy (non-hydrogen) atoms. The maximum atomic E-state index is 12.6. The molecule has 178 valence electrons. The van der Waals surface area contributed by atoms with Crippen LogP contribution in [0.2, 0.25) is 0 Å². The molecule has 3 aliphatic heterocycles. The summed E-state index contributed by atoms with van der Waals surface area (Å²) in [4.78, 5) is 39.3. The molecule has 10 nitrogen and oxygen atoms in total. The van der Waals surface area contributed by atoms with Crippen molar-refractivity contribution in [2.24, 2.45) is 5.41 Å². The smallest absolute Gasteiger partial charge is 0.432 e. The van der Waals surface area contributed by atoms with Gasteiger partial charge in [0, 0.05) is 39.8 Å². The van der Waals surface area contributed by atoms with Crippen LogP contribution in [0.4, 0.5) is 15.6 Å². The number of likely N-dealkylation sites (tertiary alicyclic amines) is 1. The van der Waals surface area contributed by atoms with Crippen molar-refractivity contribution in [1.82, 2.24) is 14.9 Å². The molecule has 2 amide bonds. The number of hydroxylamine groups is 2. The molecule has 0 aliphatic carbocycles. The van der Waals surface area contributed by atoms with Gasteiger partial charge in [-0.25, -0.2) is 9.78 Å². The summed E-state index contributed by atoms with van der Waals surface area (Å²) in [6.45, 7) is 4.86. The molecule has 1 spiro atoms. The van der Waals surface area contributed by atoms with E-state index >= 15 is 0 Å². The molecule has 1 N–H and O–H groups in total. The molecular weight excluding hydrogens is 446 g/mol. The second-order valence-electron chi connectivity index (χ2n) is 8.77. The van der Waals surface area contributed by atoms with Crippen LogP contribution in [0.5, 0.6) is 5.75 Å². The summed E-state index contributed by atoms with van der Waals surface area (Å²) in [6, 6.07) is 3.93. The Hall–Kier alpha value is -2.63. The van der Waals surface area contributed by atoms with Crippen molar-refractivity contribution in [2.45, 2.75) is 19.3 Å². The summed E-state index contributed by atoms with van der Waals surface area (Å²) >= 11 is 1.40. The predicted octanol–water partition coefficient (Wildman–Crippen LogP) is 2.55. The fourth-order valence-corrected chi connectivity index (χ4v) is 5.94. The molecule has 0 unspecified atom stereocenters. The van der Waals surface area contributed by atoms with Crippen molar-refractivity contribution >= 4 is 44.4 Å². The van der Waals surface area contributed by atoms with Crippen LogP contribution < -0.4 is 15.0 Å². The molecule has 2 aromatic rings. The number of amides is 2. The van der Waals surface area contributed by atoms with Crippen LogP contribution in [-0.4, -0.2) is 87.0 Å². The van der Waals surface area contributed by atoms with Gasteiger partial charge in [-0.3, -0.25) is 10.1 Å². The minimum Gasteiger partial charge on any atom is -0.494 e. The summed E-state index contributed by atoms with van der Waals surface area (Å²) in [5.74, 6) is 0.873. The Morgan fingerprint density at radius 1 is 1.15 bits per heavy atom. The first-order valence-corrected chi connectivity index (χ1v) is 12.1. The largest absolute Gasteiger partial charge is 0.494 e. The number of carbonyl (C=O) groups excluding carboxylic acids is 2. The SMILES string of the molecule is COc1ccc(N2CCOCC2)c2sc(NC(=O)ON3CCC4(CC3)CCN(C)C4=O)nc12. The summed E-state index contributed by atoms with van der Waals surface area (Å²) < 4.78 is 11.9. The Kier molecular flexibility index (Phi) is 6.02. The molecule has 3 saturated heterocycles. The summed E-state index contributed by atoms with van der Waals surface area (Å²) in [5.41, 5.74) is 1.48. The summed E-state index contributed by atoms with van der Waals surface area (Å²) in [5, 5.41) is 4.86. The first-order chi connectivity index (χ1) is 16.0. The number of anilines is 2. The van der Waals surface area contributed by atoms with E-state index in [1.165, 1.54) is 11.3 Å². The van der Waals surface area contributed by atoms with Crippen molar-refractivity contribution in [1.29, 1.82) is 0 Å². The van der Waals surface area contributed by atoms with Gasteiger partial charge in [0.05, 0.1) is 36.1 Å². The van der Waals surface area contributed by atoms with Crippen molar-refractivity contribution in [3.05, 3.63) is 12.1 Å². The quantitative estimate of drug-likeness (QED) is 0.721. The molecule has 0 saturated carbocycles. The third-order valence-electron chi connectivity index (χ3n) is 6.88. The molecule has 0 radical (unpaired) electrons. The minimum atomic E-state index is -0.577. The fourth-order valence-electron chi connectivity index (χ4n) is 4.93. The van der Waals surface area contributed by atoms with Gasteiger partial charge in [-0.2, -0.15) is 0 Å². The van der Waals surface area contributed by atoms with E-state index in [0.717, 1.165) is 36.4 Å². The Labute approximate surface area is 196 Å². The number of aromatic nitrogens is 1. The molecular formula is C22H29N5O5S. The summed E-state index contributed by atoms with van der Waals surface area (Å²) in [7, 11) is 3.46. The maximum Gasteiger partial charge on any atom is 0.432 e. The van der Waals surface area contributed by atoms with Gasteiger partial charge in [0.15, 0.2) is 5.13 Å². The second kappa shape index (κ2) is 8.96. The van der Waals surface area contributed by atoms with Crippen LogP contribution in [0, 0.1) is 5.41 Å². The number of hydrogen-bond donors (Lipinski definition) is 1. The molecule has 4 heterocycles.